The maximum absolute atomic E-state index is 12.5. The van der Waals surface area contributed by atoms with Crippen molar-refractivity contribution in [2.45, 2.75) is 45.2 Å². The molecule has 3 N–H and O–H groups in total. The molecule has 1 aromatic carbocycles. The Labute approximate surface area is 159 Å². The SMILES string of the molecule is CC(C)(C)c1cc2cn(-c3ccc(CN4CC[C@@H](N)C4)cc3)c(=O)nc2[nH]1. The highest BCUT2D eigenvalue weighted by Crippen LogP contribution is 2.24. The van der Waals surface area contributed by atoms with Crippen molar-refractivity contribution >= 4 is 11.0 Å². The fourth-order valence-corrected chi connectivity index (χ4v) is 3.61. The van der Waals surface area contributed by atoms with Crippen LogP contribution >= 0.6 is 0 Å². The van der Waals surface area contributed by atoms with Crippen LogP contribution in [0.1, 0.15) is 38.4 Å². The van der Waals surface area contributed by atoms with E-state index in [9.17, 15) is 4.79 Å². The van der Waals surface area contributed by atoms with Crippen LogP contribution in [0, 0.1) is 0 Å². The van der Waals surface area contributed by atoms with Gasteiger partial charge in [0.05, 0.1) is 5.69 Å². The van der Waals surface area contributed by atoms with Crippen molar-refractivity contribution in [2.75, 3.05) is 13.1 Å². The molecule has 142 valence electrons. The summed E-state index contributed by atoms with van der Waals surface area (Å²) in [6.07, 6.45) is 2.93. The zero-order valence-corrected chi connectivity index (χ0v) is 16.2. The van der Waals surface area contributed by atoms with Gasteiger partial charge in [-0.05, 0) is 30.2 Å². The van der Waals surface area contributed by atoms with E-state index in [2.05, 4.69) is 53.8 Å². The van der Waals surface area contributed by atoms with E-state index in [1.54, 1.807) is 4.57 Å². The van der Waals surface area contributed by atoms with Crippen LogP contribution in [0.25, 0.3) is 16.7 Å². The Balaban J connectivity index is 1.61. The van der Waals surface area contributed by atoms with Crippen LogP contribution in [-0.4, -0.2) is 38.6 Å². The third kappa shape index (κ3) is 3.68. The highest BCUT2D eigenvalue weighted by Gasteiger charge is 2.19. The van der Waals surface area contributed by atoms with E-state index in [0.29, 0.717) is 11.7 Å². The lowest BCUT2D eigenvalue weighted by Crippen LogP contribution is -2.26. The summed E-state index contributed by atoms with van der Waals surface area (Å²) in [6, 6.07) is 10.5. The second-order valence-corrected chi connectivity index (χ2v) is 8.58. The number of aromatic nitrogens is 3. The first kappa shape index (κ1) is 17.9. The molecule has 0 amide bonds. The van der Waals surface area contributed by atoms with Gasteiger partial charge in [-0.3, -0.25) is 9.47 Å². The third-order valence-corrected chi connectivity index (χ3v) is 5.25. The summed E-state index contributed by atoms with van der Waals surface area (Å²) >= 11 is 0. The lowest BCUT2D eigenvalue weighted by molar-refractivity contribution is 0.327. The number of H-pyrrole nitrogens is 1. The van der Waals surface area contributed by atoms with E-state index < -0.39 is 0 Å². The Morgan fingerprint density at radius 2 is 2.00 bits per heavy atom. The summed E-state index contributed by atoms with van der Waals surface area (Å²) < 4.78 is 1.61. The smallest absolute Gasteiger partial charge is 0.343 e. The summed E-state index contributed by atoms with van der Waals surface area (Å²) in [4.78, 5) is 22.4. The molecule has 0 saturated carbocycles. The van der Waals surface area contributed by atoms with Crippen molar-refractivity contribution in [3.8, 4) is 5.69 Å². The Morgan fingerprint density at radius 1 is 1.26 bits per heavy atom. The van der Waals surface area contributed by atoms with E-state index in [-0.39, 0.29) is 11.1 Å². The first-order valence-electron chi connectivity index (χ1n) is 9.50. The van der Waals surface area contributed by atoms with Crippen LogP contribution in [-0.2, 0) is 12.0 Å². The molecule has 0 spiro atoms. The summed E-state index contributed by atoms with van der Waals surface area (Å²) in [7, 11) is 0. The van der Waals surface area contributed by atoms with Crippen molar-refractivity contribution in [1.29, 1.82) is 0 Å². The maximum atomic E-state index is 12.5. The van der Waals surface area contributed by atoms with Crippen LogP contribution in [0.15, 0.2) is 41.3 Å². The fraction of sp³-hybridized carbons (Fsp3) is 0.429. The minimum atomic E-state index is -0.275. The first-order chi connectivity index (χ1) is 12.8. The standard InChI is InChI=1S/C21H27N5O/c1-21(2,3)18-10-15-12-26(20(27)24-19(15)23-18)17-6-4-14(5-7-17)11-25-9-8-16(22)13-25/h4-7,10,12,16H,8-9,11,13,22H2,1-3H3,(H,23,24,27)/t16-/m1/s1. The molecule has 1 atom stereocenters. The molecule has 1 aliphatic heterocycles. The van der Waals surface area contributed by atoms with Gasteiger partial charge < -0.3 is 10.7 Å². The van der Waals surface area contributed by atoms with Crippen molar-refractivity contribution in [3.63, 3.8) is 0 Å². The maximum Gasteiger partial charge on any atom is 0.354 e. The summed E-state index contributed by atoms with van der Waals surface area (Å²) in [5.41, 5.74) is 9.46. The van der Waals surface area contributed by atoms with Gasteiger partial charge in [-0.15, -0.1) is 0 Å². The number of aromatic amines is 1. The molecule has 1 saturated heterocycles. The number of fused-ring (bicyclic) bond motifs is 1. The van der Waals surface area contributed by atoms with Gasteiger partial charge in [0.2, 0.25) is 0 Å². The van der Waals surface area contributed by atoms with E-state index in [1.165, 1.54) is 5.56 Å². The van der Waals surface area contributed by atoms with Gasteiger partial charge in [0.25, 0.3) is 0 Å². The van der Waals surface area contributed by atoms with Gasteiger partial charge in [0.15, 0.2) is 0 Å². The number of benzene rings is 1. The molecule has 0 bridgehead atoms. The molecule has 2 aromatic heterocycles. The average Bonchev–Trinajstić information content (AvgIpc) is 3.20. The van der Waals surface area contributed by atoms with Gasteiger partial charge >= 0.3 is 5.69 Å². The number of hydrogen-bond donors (Lipinski definition) is 2. The molecule has 3 heterocycles. The molecule has 1 fully saturated rings. The molecule has 1 aliphatic rings. The number of nitrogens with zero attached hydrogens (tertiary/aromatic N) is 3. The zero-order valence-electron chi connectivity index (χ0n) is 16.2. The van der Waals surface area contributed by atoms with Gasteiger partial charge in [-0.1, -0.05) is 32.9 Å². The molecule has 27 heavy (non-hydrogen) atoms. The Morgan fingerprint density at radius 3 is 2.63 bits per heavy atom. The van der Waals surface area contributed by atoms with Gasteiger partial charge in [-0.25, -0.2) is 4.79 Å². The lowest BCUT2D eigenvalue weighted by atomic mass is 9.92. The monoisotopic (exact) mass is 365 g/mol. The van der Waals surface area contributed by atoms with Crippen LogP contribution < -0.4 is 11.4 Å². The Hall–Kier alpha value is -2.44. The molecule has 0 aliphatic carbocycles. The van der Waals surface area contributed by atoms with E-state index in [4.69, 9.17) is 5.73 Å². The van der Waals surface area contributed by atoms with Crippen LogP contribution in [0.5, 0.6) is 0 Å². The second kappa shape index (κ2) is 6.62. The summed E-state index contributed by atoms with van der Waals surface area (Å²) in [6.45, 7) is 9.30. The van der Waals surface area contributed by atoms with Crippen LogP contribution in [0.3, 0.4) is 0 Å². The number of likely N-dealkylation sites (tertiary alicyclic amines) is 1. The van der Waals surface area contributed by atoms with Crippen LogP contribution in [0.2, 0.25) is 0 Å². The van der Waals surface area contributed by atoms with Gasteiger partial charge in [0.1, 0.15) is 5.65 Å². The Bertz CT molecular complexity index is 1010. The molecule has 3 aromatic rings. The van der Waals surface area contributed by atoms with E-state index in [1.807, 2.05) is 18.3 Å². The minimum absolute atomic E-state index is 0.0195. The van der Waals surface area contributed by atoms with Crippen molar-refractivity contribution in [3.05, 3.63) is 58.3 Å². The fourth-order valence-electron chi connectivity index (χ4n) is 3.61. The number of nitrogens with one attached hydrogen (secondary N) is 1. The molecule has 0 radical (unpaired) electrons. The number of rotatable bonds is 3. The van der Waals surface area contributed by atoms with Gasteiger partial charge in [0, 0.05) is 48.4 Å². The van der Waals surface area contributed by atoms with Crippen molar-refractivity contribution < 1.29 is 0 Å². The van der Waals surface area contributed by atoms with E-state index >= 15 is 0 Å². The largest absolute Gasteiger partial charge is 0.354 e. The molecule has 6 heteroatoms. The second-order valence-electron chi connectivity index (χ2n) is 8.58. The van der Waals surface area contributed by atoms with Crippen molar-refractivity contribution in [2.24, 2.45) is 5.73 Å². The average molecular weight is 365 g/mol. The van der Waals surface area contributed by atoms with E-state index in [0.717, 1.165) is 42.8 Å². The predicted molar refractivity (Wildman–Crippen MR) is 108 cm³/mol. The molecular weight excluding hydrogens is 338 g/mol. The predicted octanol–water partition coefficient (Wildman–Crippen LogP) is 2.54. The summed E-state index contributed by atoms with van der Waals surface area (Å²) in [5.74, 6) is 0. The van der Waals surface area contributed by atoms with Gasteiger partial charge in [-0.2, -0.15) is 4.98 Å². The topological polar surface area (TPSA) is 79.9 Å². The molecule has 6 nitrogen and oxygen atoms in total. The first-order valence-corrected chi connectivity index (χ1v) is 9.50. The van der Waals surface area contributed by atoms with Crippen molar-refractivity contribution in [1.82, 2.24) is 19.4 Å². The zero-order chi connectivity index (χ0) is 19.2. The quantitative estimate of drug-likeness (QED) is 0.747. The molecular formula is C21H27N5O. The number of nitrogens with two attached hydrogens (primary N) is 1. The minimum Gasteiger partial charge on any atom is -0.343 e. The summed E-state index contributed by atoms with van der Waals surface area (Å²) in [5, 5.41) is 0.939. The normalized spacial score (nSPS) is 18.4. The molecule has 4 rings (SSSR count). The Kier molecular flexibility index (Phi) is 4.40. The highest BCUT2D eigenvalue weighted by molar-refractivity contribution is 5.76. The molecule has 0 unspecified atom stereocenters. The lowest BCUT2D eigenvalue weighted by Gasteiger charge is -2.15. The third-order valence-electron chi connectivity index (χ3n) is 5.25. The highest BCUT2D eigenvalue weighted by atomic mass is 16.1. The van der Waals surface area contributed by atoms with Crippen LogP contribution in [0.4, 0.5) is 0 Å². The number of hydrogen-bond acceptors (Lipinski definition) is 4.